The van der Waals surface area contributed by atoms with Gasteiger partial charge in [-0.05, 0) is 41.0 Å². The number of benzene rings is 3. The second-order valence-corrected chi connectivity index (χ2v) is 10.7. The van der Waals surface area contributed by atoms with Crippen LogP contribution in [0.25, 0.3) is 11.2 Å². The van der Waals surface area contributed by atoms with Crippen LogP contribution in [0.1, 0.15) is 22.9 Å². The van der Waals surface area contributed by atoms with Crippen LogP contribution in [-0.2, 0) is 19.8 Å². The number of aliphatic hydroxyl groups excluding tert-OH is 2. The van der Waals surface area contributed by atoms with Crippen molar-refractivity contribution in [2.45, 2.75) is 30.1 Å². The molecule has 13 heteroatoms. The van der Waals surface area contributed by atoms with E-state index in [1.54, 1.807) is 14.2 Å². The van der Waals surface area contributed by atoms with Gasteiger partial charge in [-0.2, -0.15) is 4.98 Å². The van der Waals surface area contributed by atoms with E-state index in [0.717, 1.165) is 16.7 Å². The van der Waals surface area contributed by atoms with Crippen LogP contribution in [0.2, 0.25) is 0 Å². The van der Waals surface area contributed by atoms with Gasteiger partial charge in [0.1, 0.15) is 35.4 Å². The molecule has 1 aliphatic heterocycles. The number of hydrogen-bond donors (Lipinski definition) is 4. The second kappa shape index (κ2) is 13.3. The van der Waals surface area contributed by atoms with Gasteiger partial charge >= 0.3 is 0 Å². The Morgan fingerprint density at radius 3 is 2.15 bits per heavy atom. The molecule has 1 fully saturated rings. The number of methoxy groups -OCH3 is 2. The maximum absolute atomic E-state index is 12.4. The fraction of sp³-hybridized carbons (Fsp3) is 0.303. The number of ether oxygens (including phenoxy) is 5. The van der Waals surface area contributed by atoms with Crippen molar-refractivity contribution >= 4 is 17.1 Å². The standard InChI is InChI=1S/C33H35N5O8/c1-42-23-12-8-21(9-13-23)33(20-6-4-3-5-7-20,22-10-14-24(43-2)15-11-22)45-18-25-28(44-17-16-39)27(40)31(46-25)38-19-35-26-29(38)36-32(34)37-30(26)41/h3-15,19,25,27-28,31,39-40H,16-18H2,1-2H3,(H3,34,36,37,41)/t25-,27-,28-,31-/m1/s1. The van der Waals surface area contributed by atoms with Gasteiger partial charge in [0.2, 0.25) is 5.95 Å². The lowest BCUT2D eigenvalue weighted by molar-refractivity contribution is -0.105. The van der Waals surface area contributed by atoms with E-state index in [2.05, 4.69) is 15.0 Å². The van der Waals surface area contributed by atoms with E-state index in [1.165, 1.54) is 10.9 Å². The molecule has 13 nitrogen and oxygen atoms in total. The number of nitrogen functional groups attached to an aromatic ring is 1. The van der Waals surface area contributed by atoms with E-state index in [-0.39, 0.29) is 36.9 Å². The van der Waals surface area contributed by atoms with Crippen LogP contribution in [0.3, 0.4) is 0 Å². The summed E-state index contributed by atoms with van der Waals surface area (Å²) >= 11 is 0. The van der Waals surface area contributed by atoms with E-state index in [1.807, 2.05) is 78.9 Å². The number of imidazole rings is 1. The molecule has 0 aliphatic carbocycles. The summed E-state index contributed by atoms with van der Waals surface area (Å²) in [6.07, 6.45) is -2.69. The zero-order valence-electron chi connectivity index (χ0n) is 25.3. The number of H-pyrrole nitrogens is 1. The van der Waals surface area contributed by atoms with Gasteiger partial charge in [0, 0.05) is 0 Å². The molecule has 0 radical (unpaired) electrons. The lowest BCUT2D eigenvalue weighted by Gasteiger charge is -2.37. The van der Waals surface area contributed by atoms with Crippen molar-refractivity contribution in [1.82, 2.24) is 19.5 Å². The van der Waals surface area contributed by atoms with Crippen LogP contribution in [0, 0.1) is 0 Å². The number of fused-ring (bicyclic) bond motifs is 1. The minimum Gasteiger partial charge on any atom is -0.497 e. The molecular formula is C33H35N5O8. The fourth-order valence-corrected chi connectivity index (χ4v) is 5.89. The Labute approximate surface area is 264 Å². The largest absolute Gasteiger partial charge is 0.497 e. The van der Waals surface area contributed by atoms with Crippen LogP contribution < -0.4 is 20.8 Å². The Morgan fingerprint density at radius 2 is 1.57 bits per heavy atom. The molecule has 4 atom stereocenters. The summed E-state index contributed by atoms with van der Waals surface area (Å²) in [5.74, 6) is 1.26. The average molecular weight is 630 g/mol. The number of nitrogens with two attached hydrogens (primary N) is 1. The number of aromatic amines is 1. The third kappa shape index (κ3) is 5.70. The normalized spacial score (nSPS) is 19.8. The Hall–Kier alpha value is -4.79. The summed E-state index contributed by atoms with van der Waals surface area (Å²) in [5.41, 5.74) is 6.78. The van der Waals surface area contributed by atoms with E-state index in [0.29, 0.717) is 11.5 Å². The zero-order valence-corrected chi connectivity index (χ0v) is 25.3. The van der Waals surface area contributed by atoms with Crippen molar-refractivity contribution in [1.29, 1.82) is 0 Å². The van der Waals surface area contributed by atoms with Gasteiger partial charge in [-0.25, -0.2) is 4.98 Å². The number of aliphatic hydroxyl groups is 2. The van der Waals surface area contributed by atoms with Gasteiger partial charge in [0.25, 0.3) is 5.56 Å². The van der Waals surface area contributed by atoms with Crippen molar-refractivity contribution in [2.24, 2.45) is 0 Å². The smallest absolute Gasteiger partial charge is 0.280 e. The Morgan fingerprint density at radius 1 is 0.957 bits per heavy atom. The van der Waals surface area contributed by atoms with E-state index >= 15 is 0 Å². The molecule has 0 saturated carbocycles. The van der Waals surface area contributed by atoms with E-state index in [9.17, 15) is 15.0 Å². The summed E-state index contributed by atoms with van der Waals surface area (Å²) in [5, 5.41) is 21.1. The van der Waals surface area contributed by atoms with Crippen molar-refractivity contribution in [3.8, 4) is 11.5 Å². The van der Waals surface area contributed by atoms with Crippen LogP contribution in [0.5, 0.6) is 11.5 Å². The molecule has 0 amide bonds. The molecule has 1 aliphatic rings. The first-order chi connectivity index (χ1) is 22.4. The Balaban J connectivity index is 1.42. The van der Waals surface area contributed by atoms with Gasteiger partial charge in [-0.1, -0.05) is 54.6 Å². The molecular weight excluding hydrogens is 594 g/mol. The molecule has 1 saturated heterocycles. The van der Waals surface area contributed by atoms with Gasteiger partial charge < -0.3 is 39.6 Å². The third-order valence-corrected chi connectivity index (χ3v) is 8.07. The van der Waals surface area contributed by atoms with Crippen LogP contribution in [0.15, 0.2) is 90.0 Å². The first kappa shape index (κ1) is 31.2. The predicted octanol–water partition coefficient (Wildman–Crippen LogP) is 2.36. The minimum absolute atomic E-state index is 0.0413. The maximum Gasteiger partial charge on any atom is 0.280 e. The number of hydrogen-bond acceptors (Lipinski definition) is 11. The highest BCUT2D eigenvalue weighted by Gasteiger charge is 2.48. The summed E-state index contributed by atoms with van der Waals surface area (Å²) in [7, 11) is 3.21. The summed E-state index contributed by atoms with van der Waals surface area (Å²) in [6.45, 7) is -0.376. The van der Waals surface area contributed by atoms with Crippen molar-refractivity contribution in [3.63, 3.8) is 0 Å². The lowest BCUT2D eigenvalue weighted by atomic mass is 9.80. The predicted molar refractivity (Wildman–Crippen MR) is 168 cm³/mol. The average Bonchev–Trinajstić information content (AvgIpc) is 3.65. The summed E-state index contributed by atoms with van der Waals surface area (Å²) in [6, 6.07) is 25.0. The first-order valence-corrected chi connectivity index (χ1v) is 14.7. The minimum atomic E-state index is -1.24. The second-order valence-electron chi connectivity index (χ2n) is 10.7. The number of aromatic nitrogens is 4. The molecule has 0 bridgehead atoms. The molecule has 46 heavy (non-hydrogen) atoms. The van der Waals surface area contributed by atoms with Gasteiger partial charge in [0.15, 0.2) is 17.4 Å². The molecule has 5 N–H and O–H groups in total. The molecule has 5 aromatic rings. The third-order valence-electron chi connectivity index (χ3n) is 8.07. The molecule has 3 aromatic carbocycles. The molecule has 2 aromatic heterocycles. The number of nitrogens with zero attached hydrogens (tertiary/aromatic N) is 3. The topological polar surface area (TPSA) is 176 Å². The fourth-order valence-electron chi connectivity index (χ4n) is 5.89. The van der Waals surface area contributed by atoms with Crippen molar-refractivity contribution in [3.05, 3.63) is 112 Å². The Kier molecular flexibility index (Phi) is 9.01. The lowest BCUT2D eigenvalue weighted by Crippen LogP contribution is -2.41. The number of anilines is 1. The summed E-state index contributed by atoms with van der Waals surface area (Å²) < 4.78 is 31.6. The molecule has 0 spiro atoms. The maximum atomic E-state index is 12.4. The van der Waals surface area contributed by atoms with Crippen LogP contribution >= 0.6 is 0 Å². The van der Waals surface area contributed by atoms with Crippen LogP contribution in [0.4, 0.5) is 5.95 Å². The van der Waals surface area contributed by atoms with E-state index < -0.39 is 35.7 Å². The first-order valence-electron chi connectivity index (χ1n) is 14.7. The quantitative estimate of drug-likeness (QED) is 0.149. The van der Waals surface area contributed by atoms with Gasteiger partial charge in [-0.15, -0.1) is 0 Å². The zero-order chi connectivity index (χ0) is 32.3. The van der Waals surface area contributed by atoms with Gasteiger partial charge in [0.05, 0.1) is 40.4 Å². The summed E-state index contributed by atoms with van der Waals surface area (Å²) in [4.78, 5) is 23.2. The number of nitrogens with one attached hydrogen (secondary N) is 1. The molecule has 6 rings (SSSR count). The Bertz CT molecular complexity index is 1760. The van der Waals surface area contributed by atoms with Crippen molar-refractivity contribution in [2.75, 3.05) is 39.8 Å². The van der Waals surface area contributed by atoms with Crippen LogP contribution in [-0.4, -0.2) is 82.1 Å². The highest BCUT2D eigenvalue weighted by molar-refractivity contribution is 5.70. The molecule has 0 unspecified atom stereocenters. The number of rotatable bonds is 12. The SMILES string of the molecule is COc1ccc(C(OC[C@H]2O[C@@H](n3cnc4c(=O)[nH]c(N)nc43)[C@H](O)[C@@H]2OCCO)(c2ccccc2)c2ccc(OC)cc2)cc1. The molecule has 3 heterocycles. The highest BCUT2D eigenvalue weighted by atomic mass is 16.6. The van der Waals surface area contributed by atoms with E-state index in [4.69, 9.17) is 29.4 Å². The highest BCUT2D eigenvalue weighted by Crippen LogP contribution is 2.43. The van der Waals surface area contributed by atoms with Crippen molar-refractivity contribution < 1.29 is 33.9 Å². The monoisotopic (exact) mass is 629 g/mol. The molecule has 240 valence electrons. The van der Waals surface area contributed by atoms with Gasteiger partial charge in [-0.3, -0.25) is 14.3 Å².